The maximum Gasteiger partial charge on any atom is 0.338 e. The van der Waals surface area contributed by atoms with Crippen molar-refractivity contribution in [3.05, 3.63) is 29.8 Å². The monoisotopic (exact) mass is 386 g/mol. The predicted octanol–water partition coefficient (Wildman–Crippen LogP) is 2.58. The molecule has 3 rings (SSSR count). The molecule has 0 radical (unpaired) electrons. The van der Waals surface area contributed by atoms with Crippen LogP contribution in [0.4, 0.5) is 5.69 Å². The van der Waals surface area contributed by atoms with Gasteiger partial charge in [0.2, 0.25) is 11.8 Å². The maximum atomic E-state index is 12.4. The van der Waals surface area contributed by atoms with Crippen molar-refractivity contribution in [2.45, 2.75) is 58.0 Å². The minimum atomic E-state index is -0.921. The van der Waals surface area contributed by atoms with Crippen LogP contribution in [0.15, 0.2) is 24.3 Å². The summed E-state index contributed by atoms with van der Waals surface area (Å²) in [4.78, 5) is 49.5. The van der Waals surface area contributed by atoms with Gasteiger partial charge in [-0.1, -0.05) is 25.3 Å². The molecule has 1 saturated heterocycles. The van der Waals surface area contributed by atoms with Crippen molar-refractivity contribution in [3.8, 4) is 0 Å². The molecule has 7 nitrogen and oxygen atoms in total. The predicted molar refractivity (Wildman–Crippen MR) is 103 cm³/mol. The molecule has 2 aliphatic rings. The molecule has 3 amide bonds. The molecule has 1 aliphatic carbocycles. The van der Waals surface area contributed by atoms with Crippen molar-refractivity contribution in [3.63, 3.8) is 0 Å². The summed E-state index contributed by atoms with van der Waals surface area (Å²) in [5, 5.41) is 2.86. The minimum absolute atomic E-state index is 0.172. The normalized spacial score (nSPS) is 18.8. The summed E-state index contributed by atoms with van der Waals surface area (Å²) in [5.74, 6) is -1.06. The van der Waals surface area contributed by atoms with Crippen LogP contribution >= 0.6 is 0 Å². The number of hydrogen-bond acceptors (Lipinski definition) is 5. The number of carbonyl (C=O) groups excluding carboxylic acids is 4. The molecule has 1 atom stereocenters. The van der Waals surface area contributed by atoms with Crippen LogP contribution in [-0.4, -0.2) is 36.3 Å². The van der Waals surface area contributed by atoms with E-state index in [-0.39, 0.29) is 36.1 Å². The quantitative estimate of drug-likeness (QED) is 0.599. The number of imide groups is 1. The zero-order valence-corrected chi connectivity index (χ0v) is 16.1. The van der Waals surface area contributed by atoms with E-state index in [1.54, 1.807) is 12.1 Å². The summed E-state index contributed by atoms with van der Waals surface area (Å²) < 4.78 is 5.27. The van der Waals surface area contributed by atoms with Gasteiger partial charge in [-0.05, 0) is 43.9 Å². The Labute approximate surface area is 164 Å². The molecule has 1 N–H and O–H groups in total. The van der Waals surface area contributed by atoms with Gasteiger partial charge in [-0.15, -0.1) is 0 Å². The van der Waals surface area contributed by atoms with E-state index >= 15 is 0 Å². The molecule has 1 aromatic carbocycles. The van der Waals surface area contributed by atoms with Crippen LogP contribution in [0.25, 0.3) is 0 Å². The van der Waals surface area contributed by atoms with Gasteiger partial charge in [0.05, 0.1) is 11.3 Å². The highest BCUT2D eigenvalue weighted by atomic mass is 16.5. The first-order chi connectivity index (χ1) is 13.5. The average molecular weight is 386 g/mol. The lowest BCUT2D eigenvalue weighted by atomic mass is 9.89. The zero-order valence-electron chi connectivity index (χ0n) is 16.1. The Morgan fingerprint density at radius 3 is 2.50 bits per heavy atom. The smallest absolute Gasteiger partial charge is 0.338 e. The first kappa shape index (κ1) is 20.0. The Morgan fingerprint density at radius 2 is 1.82 bits per heavy atom. The van der Waals surface area contributed by atoms with Crippen LogP contribution in [0.3, 0.4) is 0 Å². The Balaban J connectivity index is 1.56. The third-order valence-corrected chi connectivity index (χ3v) is 5.33. The summed E-state index contributed by atoms with van der Waals surface area (Å²) in [7, 11) is 0. The van der Waals surface area contributed by atoms with E-state index < -0.39 is 12.1 Å². The summed E-state index contributed by atoms with van der Waals surface area (Å²) in [5.41, 5.74) is 0.535. The van der Waals surface area contributed by atoms with E-state index in [2.05, 4.69) is 5.32 Å². The number of carbonyl (C=O) groups is 4. The number of ether oxygens (including phenoxy) is 1. The number of nitrogens with zero attached hydrogens (tertiary/aromatic N) is 1. The van der Waals surface area contributed by atoms with Gasteiger partial charge in [-0.25, -0.2) is 4.79 Å². The molecular weight excluding hydrogens is 360 g/mol. The summed E-state index contributed by atoms with van der Waals surface area (Å²) in [6, 6.07) is 6.15. The number of rotatable bonds is 6. The first-order valence-electron chi connectivity index (χ1n) is 9.90. The Kier molecular flexibility index (Phi) is 6.44. The van der Waals surface area contributed by atoms with E-state index in [9.17, 15) is 19.2 Å². The van der Waals surface area contributed by atoms with Crippen molar-refractivity contribution in [2.75, 3.05) is 11.4 Å². The summed E-state index contributed by atoms with van der Waals surface area (Å²) >= 11 is 0. The molecule has 7 heteroatoms. The fourth-order valence-electron chi connectivity index (χ4n) is 3.70. The van der Waals surface area contributed by atoms with Crippen LogP contribution in [0.2, 0.25) is 0 Å². The van der Waals surface area contributed by atoms with Crippen molar-refractivity contribution in [1.29, 1.82) is 0 Å². The summed E-state index contributed by atoms with van der Waals surface area (Å²) in [6.07, 6.45) is 5.32. The lowest BCUT2D eigenvalue weighted by Crippen LogP contribution is -2.38. The van der Waals surface area contributed by atoms with E-state index in [0.29, 0.717) is 18.2 Å². The number of hydrogen-bond donors (Lipinski definition) is 1. The Hall–Kier alpha value is -2.70. The molecule has 150 valence electrons. The van der Waals surface area contributed by atoms with E-state index in [0.717, 1.165) is 17.7 Å². The van der Waals surface area contributed by atoms with Crippen molar-refractivity contribution >= 4 is 29.4 Å². The molecule has 1 aromatic rings. The Bertz CT molecular complexity index is 754. The number of anilines is 1. The molecule has 1 saturated carbocycles. The first-order valence-corrected chi connectivity index (χ1v) is 9.90. The number of esters is 1. The zero-order chi connectivity index (χ0) is 20.1. The Morgan fingerprint density at radius 1 is 1.14 bits per heavy atom. The van der Waals surface area contributed by atoms with E-state index in [1.165, 1.54) is 38.3 Å². The third-order valence-electron chi connectivity index (χ3n) is 5.33. The lowest BCUT2D eigenvalue weighted by Gasteiger charge is -2.22. The molecule has 28 heavy (non-hydrogen) atoms. The van der Waals surface area contributed by atoms with Crippen molar-refractivity contribution in [1.82, 2.24) is 5.32 Å². The lowest BCUT2D eigenvalue weighted by molar-refractivity contribution is -0.129. The third kappa shape index (κ3) is 4.77. The second-order valence-electron chi connectivity index (χ2n) is 7.47. The van der Waals surface area contributed by atoms with Gasteiger partial charge in [0.1, 0.15) is 0 Å². The average Bonchev–Trinajstić information content (AvgIpc) is 3.05. The number of benzene rings is 1. The number of amides is 3. The van der Waals surface area contributed by atoms with Crippen LogP contribution in [-0.2, 0) is 19.1 Å². The second-order valence-corrected chi connectivity index (χ2v) is 7.47. The van der Waals surface area contributed by atoms with Crippen LogP contribution in [0.5, 0.6) is 0 Å². The van der Waals surface area contributed by atoms with Crippen LogP contribution in [0, 0.1) is 5.92 Å². The molecule has 1 heterocycles. The van der Waals surface area contributed by atoms with Crippen LogP contribution < -0.4 is 10.2 Å². The molecule has 1 aliphatic heterocycles. The maximum absolute atomic E-state index is 12.4. The van der Waals surface area contributed by atoms with Crippen molar-refractivity contribution in [2.24, 2.45) is 5.92 Å². The van der Waals surface area contributed by atoms with Crippen molar-refractivity contribution < 1.29 is 23.9 Å². The van der Waals surface area contributed by atoms with Gasteiger partial charge in [-0.2, -0.15) is 0 Å². The molecule has 0 aromatic heterocycles. The SMILES string of the molecule is C[C@H](OC(=O)c1cccc(N2C(=O)CCC2=O)c1)C(=O)NCC1CCCCC1. The topological polar surface area (TPSA) is 92.8 Å². The largest absolute Gasteiger partial charge is 0.449 e. The molecule has 0 spiro atoms. The van der Waals surface area contributed by atoms with Gasteiger partial charge in [0, 0.05) is 19.4 Å². The summed E-state index contributed by atoms with van der Waals surface area (Å²) in [6.45, 7) is 2.14. The minimum Gasteiger partial charge on any atom is -0.449 e. The molecule has 0 bridgehead atoms. The van der Waals surface area contributed by atoms with Gasteiger partial charge < -0.3 is 10.1 Å². The highest BCUT2D eigenvalue weighted by Gasteiger charge is 2.31. The highest BCUT2D eigenvalue weighted by Crippen LogP contribution is 2.24. The molecule has 0 unspecified atom stereocenters. The van der Waals surface area contributed by atoms with Gasteiger partial charge in [0.15, 0.2) is 6.10 Å². The fourth-order valence-corrected chi connectivity index (χ4v) is 3.70. The second kappa shape index (κ2) is 8.99. The molecule has 2 fully saturated rings. The van der Waals surface area contributed by atoms with E-state index in [4.69, 9.17) is 4.74 Å². The van der Waals surface area contributed by atoms with E-state index in [1.807, 2.05) is 0 Å². The molecular formula is C21H26N2O5. The highest BCUT2D eigenvalue weighted by molar-refractivity contribution is 6.20. The van der Waals surface area contributed by atoms with Gasteiger partial charge >= 0.3 is 5.97 Å². The van der Waals surface area contributed by atoms with Gasteiger partial charge in [0.25, 0.3) is 5.91 Å². The van der Waals surface area contributed by atoms with Gasteiger partial charge in [-0.3, -0.25) is 19.3 Å². The standard InChI is InChI=1S/C21H26N2O5/c1-14(20(26)22-13-15-6-3-2-4-7-15)28-21(27)16-8-5-9-17(12-16)23-18(24)10-11-19(23)25/h5,8-9,12,14-15H,2-4,6-7,10-11,13H2,1H3,(H,22,26)/t14-/m0/s1. The van der Waals surface area contributed by atoms with Crippen LogP contribution in [0.1, 0.15) is 62.2 Å². The fraction of sp³-hybridized carbons (Fsp3) is 0.524. The number of nitrogens with one attached hydrogen (secondary N) is 1.